The predicted molar refractivity (Wildman–Crippen MR) is 53.0 cm³/mol. The lowest BCUT2D eigenvalue weighted by Gasteiger charge is -2.28. The molecule has 2 unspecified atom stereocenters. The Hall–Kier alpha value is 0. The lowest BCUT2D eigenvalue weighted by atomic mass is 9.78. The van der Waals surface area contributed by atoms with Gasteiger partial charge in [-0.3, -0.25) is 0 Å². The minimum atomic E-state index is 0.763. The lowest BCUT2D eigenvalue weighted by molar-refractivity contribution is 0.229. The maximum atomic E-state index is 2.51. The van der Waals surface area contributed by atoms with Gasteiger partial charge in [-0.2, -0.15) is 0 Å². The summed E-state index contributed by atoms with van der Waals surface area (Å²) in [7, 11) is 0. The van der Waals surface area contributed by atoms with Crippen molar-refractivity contribution in [2.24, 2.45) is 23.2 Å². The normalized spacial score (nSPS) is 41.5. The standard InChI is InChI=1S/C12H22/c1-9(2)7-12(3)8-11(12)10-5-4-6-10/h9-11H,4-8H2,1-3H3. The van der Waals surface area contributed by atoms with Gasteiger partial charge in [-0.05, 0) is 36.0 Å². The van der Waals surface area contributed by atoms with Gasteiger partial charge in [-0.25, -0.2) is 0 Å². The van der Waals surface area contributed by atoms with Gasteiger partial charge in [0.2, 0.25) is 0 Å². The smallest absolute Gasteiger partial charge is 0.0289 e. The van der Waals surface area contributed by atoms with Gasteiger partial charge in [0.15, 0.2) is 0 Å². The third-order valence-electron chi connectivity index (χ3n) is 4.01. The van der Waals surface area contributed by atoms with Crippen molar-refractivity contribution in [1.82, 2.24) is 0 Å². The lowest BCUT2D eigenvalue weighted by Crippen LogP contribution is -2.17. The Balaban J connectivity index is 1.82. The summed E-state index contributed by atoms with van der Waals surface area (Å²) in [5.74, 6) is 3.16. The molecule has 0 N–H and O–H groups in total. The molecule has 2 saturated carbocycles. The van der Waals surface area contributed by atoms with Gasteiger partial charge in [0.25, 0.3) is 0 Å². The largest absolute Gasteiger partial charge is 0.0628 e. The second-order valence-electron chi connectivity index (χ2n) is 5.75. The van der Waals surface area contributed by atoms with E-state index in [-0.39, 0.29) is 0 Å². The molecule has 0 aromatic rings. The Kier molecular flexibility index (Phi) is 1.97. The average Bonchev–Trinajstić information content (AvgIpc) is 2.34. The monoisotopic (exact) mass is 166 g/mol. The van der Waals surface area contributed by atoms with Crippen molar-refractivity contribution in [3.63, 3.8) is 0 Å². The van der Waals surface area contributed by atoms with E-state index in [4.69, 9.17) is 0 Å². The quantitative estimate of drug-likeness (QED) is 0.597. The minimum Gasteiger partial charge on any atom is -0.0628 e. The highest BCUT2D eigenvalue weighted by molar-refractivity contribution is 5.03. The van der Waals surface area contributed by atoms with Crippen LogP contribution in [-0.2, 0) is 0 Å². The van der Waals surface area contributed by atoms with E-state index in [0.29, 0.717) is 0 Å². The van der Waals surface area contributed by atoms with Crippen molar-refractivity contribution in [1.29, 1.82) is 0 Å². The molecular weight excluding hydrogens is 144 g/mol. The molecule has 2 fully saturated rings. The van der Waals surface area contributed by atoms with Crippen LogP contribution in [0, 0.1) is 23.2 Å². The number of hydrogen-bond donors (Lipinski definition) is 0. The molecule has 0 aliphatic heterocycles. The van der Waals surface area contributed by atoms with E-state index in [1.807, 2.05) is 0 Å². The average molecular weight is 166 g/mol. The van der Waals surface area contributed by atoms with Gasteiger partial charge in [-0.1, -0.05) is 40.0 Å². The van der Waals surface area contributed by atoms with Crippen LogP contribution in [0.15, 0.2) is 0 Å². The van der Waals surface area contributed by atoms with Crippen LogP contribution >= 0.6 is 0 Å². The fourth-order valence-electron chi connectivity index (χ4n) is 3.19. The van der Waals surface area contributed by atoms with Crippen molar-refractivity contribution in [2.45, 2.75) is 52.9 Å². The number of rotatable bonds is 3. The fraction of sp³-hybridized carbons (Fsp3) is 1.00. The molecule has 0 heterocycles. The van der Waals surface area contributed by atoms with Crippen LogP contribution in [0.1, 0.15) is 52.9 Å². The van der Waals surface area contributed by atoms with Crippen molar-refractivity contribution in [2.75, 3.05) is 0 Å². The molecule has 2 rings (SSSR count). The van der Waals surface area contributed by atoms with Gasteiger partial charge in [0, 0.05) is 0 Å². The SMILES string of the molecule is CC(C)CC1(C)CC1C1CCC1. The molecule has 0 spiro atoms. The zero-order valence-corrected chi connectivity index (χ0v) is 8.77. The predicted octanol–water partition coefficient (Wildman–Crippen LogP) is 3.86. The van der Waals surface area contributed by atoms with E-state index in [1.54, 1.807) is 12.8 Å². The molecule has 70 valence electrons. The van der Waals surface area contributed by atoms with E-state index in [2.05, 4.69) is 20.8 Å². The highest BCUT2D eigenvalue weighted by atomic mass is 14.6. The molecule has 2 atom stereocenters. The molecule has 0 bridgehead atoms. The van der Waals surface area contributed by atoms with Crippen LogP contribution in [0.2, 0.25) is 0 Å². The minimum absolute atomic E-state index is 0.763. The first-order chi connectivity index (χ1) is 5.62. The Bertz CT molecular complexity index is 167. The Morgan fingerprint density at radius 3 is 2.42 bits per heavy atom. The van der Waals surface area contributed by atoms with Gasteiger partial charge in [-0.15, -0.1) is 0 Å². The molecule has 0 aromatic carbocycles. The molecular formula is C12H22. The summed E-state index contributed by atoms with van der Waals surface area (Å²) in [6.07, 6.45) is 7.60. The van der Waals surface area contributed by atoms with Gasteiger partial charge >= 0.3 is 0 Å². The van der Waals surface area contributed by atoms with Crippen LogP contribution in [-0.4, -0.2) is 0 Å². The molecule has 2 aliphatic rings. The zero-order chi connectivity index (χ0) is 8.77. The Labute approximate surface area is 76.7 Å². The molecule has 0 aromatic heterocycles. The van der Waals surface area contributed by atoms with Crippen molar-refractivity contribution >= 4 is 0 Å². The fourth-order valence-corrected chi connectivity index (χ4v) is 3.19. The van der Waals surface area contributed by atoms with Gasteiger partial charge < -0.3 is 0 Å². The number of hydrogen-bond acceptors (Lipinski definition) is 0. The molecule has 2 aliphatic carbocycles. The Morgan fingerprint density at radius 1 is 1.33 bits per heavy atom. The first kappa shape index (κ1) is 8.59. The van der Waals surface area contributed by atoms with Gasteiger partial charge in [0.05, 0.1) is 0 Å². The highest BCUT2D eigenvalue weighted by Gasteiger charge is 2.54. The third-order valence-corrected chi connectivity index (χ3v) is 4.01. The molecule has 0 amide bonds. The molecule has 0 nitrogen and oxygen atoms in total. The first-order valence-electron chi connectivity index (χ1n) is 5.62. The van der Waals surface area contributed by atoms with E-state index >= 15 is 0 Å². The molecule has 0 radical (unpaired) electrons. The summed E-state index contributed by atoms with van der Waals surface area (Å²) in [4.78, 5) is 0. The van der Waals surface area contributed by atoms with Crippen molar-refractivity contribution in [3.8, 4) is 0 Å². The van der Waals surface area contributed by atoms with E-state index in [9.17, 15) is 0 Å². The maximum absolute atomic E-state index is 2.51. The summed E-state index contributed by atoms with van der Waals surface area (Å²) in [5, 5.41) is 0. The van der Waals surface area contributed by atoms with Crippen molar-refractivity contribution in [3.05, 3.63) is 0 Å². The molecule has 0 heteroatoms. The van der Waals surface area contributed by atoms with E-state index in [0.717, 1.165) is 23.2 Å². The molecule has 0 saturated heterocycles. The summed E-state index contributed by atoms with van der Waals surface area (Å²) < 4.78 is 0. The third kappa shape index (κ3) is 1.41. The Morgan fingerprint density at radius 2 is 2.00 bits per heavy atom. The highest BCUT2D eigenvalue weighted by Crippen LogP contribution is 2.63. The maximum Gasteiger partial charge on any atom is -0.0289 e. The topological polar surface area (TPSA) is 0 Å². The summed E-state index contributed by atoms with van der Waals surface area (Å²) >= 11 is 0. The first-order valence-corrected chi connectivity index (χ1v) is 5.62. The second kappa shape index (κ2) is 2.75. The summed E-state index contributed by atoms with van der Waals surface area (Å²) in [6.45, 7) is 7.23. The van der Waals surface area contributed by atoms with Gasteiger partial charge in [0.1, 0.15) is 0 Å². The van der Waals surface area contributed by atoms with E-state index < -0.39 is 0 Å². The zero-order valence-electron chi connectivity index (χ0n) is 8.77. The van der Waals surface area contributed by atoms with Crippen LogP contribution in [0.25, 0.3) is 0 Å². The van der Waals surface area contributed by atoms with Crippen LogP contribution in [0.4, 0.5) is 0 Å². The van der Waals surface area contributed by atoms with Crippen molar-refractivity contribution < 1.29 is 0 Å². The van der Waals surface area contributed by atoms with Crippen LogP contribution in [0.3, 0.4) is 0 Å². The van der Waals surface area contributed by atoms with E-state index in [1.165, 1.54) is 19.3 Å². The summed E-state index contributed by atoms with van der Waals surface area (Å²) in [5.41, 5.74) is 0.763. The second-order valence-corrected chi connectivity index (χ2v) is 5.75. The van der Waals surface area contributed by atoms with Crippen LogP contribution in [0.5, 0.6) is 0 Å². The van der Waals surface area contributed by atoms with Crippen LogP contribution < -0.4 is 0 Å². The molecule has 12 heavy (non-hydrogen) atoms. The summed E-state index contributed by atoms with van der Waals surface area (Å²) in [6, 6.07) is 0.